The lowest BCUT2D eigenvalue weighted by Gasteiger charge is -2.20. The Morgan fingerprint density at radius 1 is 1.07 bits per heavy atom. The van der Waals surface area contributed by atoms with Crippen LogP contribution in [0.3, 0.4) is 0 Å². The molecule has 0 spiro atoms. The van der Waals surface area contributed by atoms with Gasteiger partial charge in [0.1, 0.15) is 0 Å². The number of carbonyl (C=O) groups excluding carboxylic acids is 2. The first-order valence-electron chi connectivity index (χ1n) is 9.61. The highest BCUT2D eigenvalue weighted by Gasteiger charge is 2.21. The van der Waals surface area contributed by atoms with Crippen molar-refractivity contribution in [2.24, 2.45) is 5.92 Å². The fourth-order valence-electron chi connectivity index (χ4n) is 3.35. The van der Waals surface area contributed by atoms with Crippen LogP contribution in [0.2, 0.25) is 5.02 Å². The number of rotatable bonds is 6. The summed E-state index contributed by atoms with van der Waals surface area (Å²) >= 11 is 7.53. The standard InChI is InChI=1S/C22H25ClN2O2S/c1-15-19(23)11-6-12-20(15)25-21(26)14-28-18-10-5-9-17(13-18)24-22(27)16-7-3-2-4-8-16/h5-6,9-13,16H,2-4,7-8,14H2,1H3,(H,24,27)(H,25,26). The van der Waals surface area contributed by atoms with Gasteiger partial charge >= 0.3 is 0 Å². The third-order valence-corrected chi connectivity index (χ3v) is 6.39. The van der Waals surface area contributed by atoms with Gasteiger partial charge in [0.25, 0.3) is 0 Å². The molecule has 0 aromatic heterocycles. The molecule has 0 bridgehead atoms. The summed E-state index contributed by atoms with van der Waals surface area (Å²) in [4.78, 5) is 25.6. The molecular weight excluding hydrogens is 392 g/mol. The van der Waals surface area contributed by atoms with Crippen LogP contribution in [0.15, 0.2) is 47.4 Å². The average molecular weight is 417 g/mol. The Balaban J connectivity index is 1.53. The maximum absolute atomic E-state index is 12.4. The van der Waals surface area contributed by atoms with Crippen LogP contribution in [0, 0.1) is 12.8 Å². The van der Waals surface area contributed by atoms with Crippen molar-refractivity contribution < 1.29 is 9.59 Å². The lowest BCUT2D eigenvalue weighted by molar-refractivity contribution is -0.120. The average Bonchev–Trinajstić information content (AvgIpc) is 2.71. The Hall–Kier alpha value is -1.98. The second kappa shape index (κ2) is 9.99. The van der Waals surface area contributed by atoms with Gasteiger partial charge in [-0.3, -0.25) is 9.59 Å². The Morgan fingerprint density at radius 3 is 2.61 bits per heavy atom. The van der Waals surface area contributed by atoms with Gasteiger partial charge in [-0.25, -0.2) is 0 Å². The maximum atomic E-state index is 12.4. The van der Waals surface area contributed by atoms with E-state index in [0.29, 0.717) is 5.02 Å². The van der Waals surface area contributed by atoms with E-state index in [1.54, 1.807) is 6.07 Å². The van der Waals surface area contributed by atoms with Crippen LogP contribution >= 0.6 is 23.4 Å². The number of hydrogen-bond acceptors (Lipinski definition) is 3. The molecule has 2 N–H and O–H groups in total. The minimum atomic E-state index is -0.0907. The number of hydrogen-bond donors (Lipinski definition) is 2. The summed E-state index contributed by atoms with van der Waals surface area (Å²) in [5.41, 5.74) is 2.37. The largest absolute Gasteiger partial charge is 0.326 e. The molecule has 0 radical (unpaired) electrons. The molecule has 0 unspecified atom stereocenters. The smallest absolute Gasteiger partial charge is 0.234 e. The monoisotopic (exact) mass is 416 g/mol. The van der Waals surface area contributed by atoms with Gasteiger partial charge in [-0.05, 0) is 55.7 Å². The van der Waals surface area contributed by atoms with E-state index in [4.69, 9.17) is 11.6 Å². The number of thioether (sulfide) groups is 1. The van der Waals surface area contributed by atoms with Crippen LogP contribution in [0.5, 0.6) is 0 Å². The number of halogens is 1. The summed E-state index contributed by atoms with van der Waals surface area (Å²) in [6.45, 7) is 1.88. The van der Waals surface area contributed by atoms with Gasteiger partial charge in [-0.15, -0.1) is 11.8 Å². The molecule has 1 aliphatic carbocycles. The molecule has 2 aromatic rings. The Bertz CT molecular complexity index is 850. The summed E-state index contributed by atoms with van der Waals surface area (Å²) in [5, 5.41) is 6.55. The van der Waals surface area contributed by atoms with Crippen molar-refractivity contribution in [3.8, 4) is 0 Å². The van der Waals surface area contributed by atoms with Crippen molar-refractivity contribution in [2.45, 2.75) is 43.9 Å². The molecule has 2 amide bonds. The molecule has 2 aromatic carbocycles. The van der Waals surface area contributed by atoms with Crippen molar-refractivity contribution in [2.75, 3.05) is 16.4 Å². The summed E-state index contributed by atoms with van der Waals surface area (Å²) < 4.78 is 0. The second-order valence-electron chi connectivity index (χ2n) is 7.10. The summed E-state index contributed by atoms with van der Waals surface area (Å²) in [6.07, 6.45) is 5.45. The van der Waals surface area contributed by atoms with E-state index in [0.717, 1.165) is 47.5 Å². The topological polar surface area (TPSA) is 58.2 Å². The van der Waals surface area contributed by atoms with Crippen molar-refractivity contribution in [1.82, 2.24) is 0 Å². The summed E-state index contributed by atoms with van der Waals surface area (Å²) in [5.74, 6) is 0.422. The van der Waals surface area contributed by atoms with Crippen LogP contribution in [-0.4, -0.2) is 17.6 Å². The first-order chi connectivity index (χ1) is 13.5. The third kappa shape index (κ3) is 5.76. The zero-order valence-electron chi connectivity index (χ0n) is 16.0. The second-order valence-corrected chi connectivity index (χ2v) is 8.56. The van der Waals surface area contributed by atoms with Gasteiger partial charge in [-0.2, -0.15) is 0 Å². The molecule has 1 saturated carbocycles. The zero-order valence-corrected chi connectivity index (χ0v) is 17.5. The molecule has 6 heteroatoms. The van der Waals surface area contributed by atoms with Crippen molar-refractivity contribution in [3.05, 3.63) is 53.1 Å². The number of carbonyl (C=O) groups is 2. The van der Waals surface area contributed by atoms with Gasteiger partial charge in [0.2, 0.25) is 11.8 Å². The predicted molar refractivity (Wildman–Crippen MR) is 117 cm³/mol. The number of amides is 2. The van der Waals surface area contributed by atoms with Crippen LogP contribution in [-0.2, 0) is 9.59 Å². The molecule has 4 nitrogen and oxygen atoms in total. The van der Waals surface area contributed by atoms with E-state index in [-0.39, 0.29) is 23.5 Å². The molecule has 1 aliphatic rings. The third-order valence-electron chi connectivity index (χ3n) is 4.99. The number of anilines is 2. The van der Waals surface area contributed by atoms with Crippen LogP contribution in [0.1, 0.15) is 37.7 Å². The number of benzene rings is 2. The fraction of sp³-hybridized carbons (Fsp3) is 0.364. The Labute approximate surface area is 175 Å². The van der Waals surface area contributed by atoms with E-state index in [1.807, 2.05) is 43.3 Å². The minimum absolute atomic E-state index is 0.0907. The van der Waals surface area contributed by atoms with Gasteiger partial charge in [0.05, 0.1) is 5.75 Å². The van der Waals surface area contributed by atoms with E-state index in [2.05, 4.69) is 10.6 Å². The SMILES string of the molecule is Cc1c(Cl)cccc1NC(=O)CSc1cccc(NC(=O)C2CCCCC2)c1. The Kier molecular flexibility index (Phi) is 7.40. The predicted octanol–water partition coefficient (Wildman–Crippen LogP) is 5.90. The van der Waals surface area contributed by atoms with E-state index < -0.39 is 0 Å². The zero-order chi connectivity index (χ0) is 19.9. The minimum Gasteiger partial charge on any atom is -0.326 e. The van der Waals surface area contributed by atoms with Crippen LogP contribution in [0.25, 0.3) is 0 Å². The van der Waals surface area contributed by atoms with Gasteiger partial charge in [-0.1, -0.05) is 43.0 Å². The Morgan fingerprint density at radius 2 is 1.82 bits per heavy atom. The molecule has 28 heavy (non-hydrogen) atoms. The van der Waals surface area contributed by atoms with Gasteiger partial charge in [0.15, 0.2) is 0 Å². The van der Waals surface area contributed by atoms with Crippen LogP contribution < -0.4 is 10.6 Å². The molecule has 1 fully saturated rings. The quantitative estimate of drug-likeness (QED) is 0.576. The van der Waals surface area contributed by atoms with E-state index in [9.17, 15) is 9.59 Å². The normalized spacial score (nSPS) is 14.5. The molecule has 3 rings (SSSR count). The lowest BCUT2D eigenvalue weighted by Crippen LogP contribution is -2.24. The molecule has 0 aliphatic heterocycles. The van der Waals surface area contributed by atoms with Crippen molar-refractivity contribution >= 4 is 46.6 Å². The highest BCUT2D eigenvalue weighted by Crippen LogP contribution is 2.27. The van der Waals surface area contributed by atoms with Crippen molar-refractivity contribution in [3.63, 3.8) is 0 Å². The molecular formula is C22H25ClN2O2S. The van der Waals surface area contributed by atoms with Gasteiger partial charge < -0.3 is 10.6 Å². The molecule has 148 valence electrons. The van der Waals surface area contributed by atoms with Crippen LogP contribution in [0.4, 0.5) is 11.4 Å². The number of nitrogens with one attached hydrogen (secondary N) is 2. The van der Waals surface area contributed by atoms with E-state index in [1.165, 1.54) is 18.2 Å². The lowest BCUT2D eigenvalue weighted by atomic mass is 9.88. The van der Waals surface area contributed by atoms with Crippen molar-refractivity contribution in [1.29, 1.82) is 0 Å². The fourth-order valence-corrected chi connectivity index (χ4v) is 4.28. The highest BCUT2D eigenvalue weighted by atomic mass is 35.5. The molecule has 0 heterocycles. The summed E-state index contributed by atoms with van der Waals surface area (Å²) in [7, 11) is 0. The highest BCUT2D eigenvalue weighted by molar-refractivity contribution is 8.00. The van der Waals surface area contributed by atoms with E-state index >= 15 is 0 Å². The first kappa shape index (κ1) is 20.7. The maximum Gasteiger partial charge on any atom is 0.234 e. The first-order valence-corrected chi connectivity index (χ1v) is 11.0. The summed E-state index contributed by atoms with van der Waals surface area (Å²) in [6, 6.07) is 13.1. The molecule has 0 saturated heterocycles. The molecule has 0 atom stereocenters. The van der Waals surface area contributed by atoms with Gasteiger partial charge in [0, 0.05) is 27.2 Å².